The van der Waals surface area contributed by atoms with Gasteiger partial charge in [-0.3, -0.25) is 19.8 Å². The Balaban J connectivity index is 1.39. The monoisotopic (exact) mass is 342 g/mol. The van der Waals surface area contributed by atoms with Crippen LogP contribution in [0.5, 0.6) is 0 Å². The molecule has 25 heavy (non-hydrogen) atoms. The maximum Gasteiger partial charge on any atom is 0.274 e. The molecule has 1 atom stereocenters. The van der Waals surface area contributed by atoms with Crippen molar-refractivity contribution in [3.63, 3.8) is 0 Å². The van der Waals surface area contributed by atoms with Crippen LogP contribution >= 0.6 is 0 Å². The van der Waals surface area contributed by atoms with Crippen molar-refractivity contribution in [2.24, 2.45) is 0 Å². The lowest BCUT2D eigenvalue weighted by molar-refractivity contribution is 0.0657. The standard InChI is InChI=1S/C17H22N6O2/c24-14-10-22(9-13-7-15(21-20-13)12-1-2-12)5-6-23(11-14)17(25)16-8-18-3-4-19-16/h3-4,7-8,12,14,24H,1-2,5-6,9-11H2,(H,20,21). The van der Waals surface area contributed by atoms with Gasteiger partial charge in [-0.25, -0.2) is 4.98 Å². The van der Waals surface area contributed by atoms with Gasteiger partial charge in [-0.15, -0.1) is 0 Å². The Morgan fingerprint density at radius 3 is 2.92 bits per heavy atom. The van der Waals surface area contributed by atoms with Crippen LogP contribution in [0.4, 0.5) is 0 Å². The van der Waals surface area contributed by atoms with Crippen LogP contribution in [0.15, 0.2) is 24.7 Å². The van der Waals surface area contributed by atoms with E-state index in [0.717, 1.165) is 11.4 Å². The number of aliphatic hydroxyl groups is 1. The van der Waals surface area contributed by atoms with Gasteiger partial charge in [0.2, 0.25) is 0 Å². The highest BCUT2D eigenvalue weighted by atomic mass is 16.3. The number of hydrogen-bond acceptors (Lipinski definition) is 6. The van der Waals surface area contributed by atoms with E-state index in [-0.39, 0.29) is 5.91 Å². The molecule has 0 spiro atoms. The van der Waals surface area contributed by atoms with E-state index < -0.39 is 6.10 Å². The number of H-pyrrole nitrogens is 1. The van der Waals surface area contributed by atoms with E-state index in [1.807, 2.05) is 0 Å². The van der Waals surface area contributed by atoms with Gasteiger partial charge in [-0.05, 0) is 18.9 Å². The highest BCUT2D eigenvalue weighted by Gasteiger charge is 2.28. The second kappa shape index (κ2) is 6.89. The average molecular weight is 342 g/mol. The minimum absolute atomic E-state index is 0.188. The minimum Gasteiger partial charge on any atom is -0.390 e. The van der Waals surface area contributed by atoms with Crippen molar-refractivity contribution < 1.29 is 9.90 Å². The summed E-state index contributed by atoms with van der Waals surface area (Å²) in [5, 5.41) is 17.8. The molecule has 2 fully saturated rings. The van der Waals surface area contributed by atoms with Gasteiger partial charge < -0.3 is 10.0 Å². The van der Waals surface area contributed by atoms with Crippen LogP contribution < -0.4 is 0 Å². The Morgan fingerprint density at radius 2 is 2.16 bits per heavy atom. The Kier molecular flexibility index (Phi) is 4.46. The number of carbonyl (C=O) groups is 1. The summed E-state index contributed by atoms with van der Waals surface area (Å²) in [5.74, 6) is 0.436. The lowest BCUT2D eigenvalue weighted by Gasteiger charge is -2.21. The van der Waals surface area contributed by atoms with Gasteiger partial charge >= 0.3 is 0 Å². The van der Waals surface area contributed by atoms with Gasteiger partial charge in [-0.2, -0.15) is 5.10 Å². The van der Waals surface area contributed by atoms with Gasteiger partial charge in [-0.1, -0.05) is 0 Å². The molecule has 2 aliphatic rings. The molecular formula is C17H22N6O2. The lowest BCUT2D eigenvalue weighted by Crippen LogP contribution is -2.38. The summed E-state index contributed by atoms with van der Waals surface area (Å²) >= 11 is 0. The molecule has 0 bridgehead atoms. The SMILES string of the molecule is O=C(c1cnccn1)N1CCN(Cc2cc(C3CC3)n[nH]2)CC(O)C1. The number of hydrogen-bond donors (Lipinski definition) is 2. The molecule has 0 radical (unpaired) electrons. The van der Waals surface area contributed by atoms with Gasteiger partial charge in [0.25, 0.3) is 5.91 Å². The second-order valence-corrected chi connectivity index (χ2v) is 6.82. The molecule has 1 unspecified atom stereocenters. The number of amides is 1. The minimum atomic E-state index is -0.589. The van der Waals surface area contributed by atoms with Crippen molar-refractivity contribution in [1.29, 1.82) is 0 Å². The van der Waals surface area contributed by atoms with Crippen molar-refractivity contribution in [3.8, 4) is 0 Å². The molecule has 8 nitrogen and oxygen atoms in total. The zero-order valence-corrected chi connectivity index (χ0v) is 14.0. The number of nitrogens with zero attached hydrogens (tertiary/aromatic N) is 5. The molecule has 1 saturated heterocycles. The quantitative estimate of drug-likeness (QED) is 0.834. The third kappa shape index (κ3) is 3.85. The molecule has 3 heterocycles. The third-order valence-electron chi connectivity index (χ3n) is 4.70. The van der Waals surface area contributed by atoms with Crippen LogP contribution in [0.1, 0.15) is 40.6 Å². The highest BCUT2D eigenvalue weighted by Crippen LogP contribution is 2.39. The number of β-amino-alcohol motifs (C(OH)–C–C–N with tert-alkyl or cyclic N) is 1. The molecule has 2 aromatic rings. The number of aromatic nitrogens is 4. The normalized spacial score (nSPS) is 22.0. The predicted molar refractivity (Wildman–Crippen MR) is 89.8 cm³/mol. The average Bonchev–Trinajstić information content (AvgIpc) is 3.40. The van der Waals surface area contributed by atoms with Gasteiger partial charge in [0.15, 0.2) is 0 Å². The van der Waals surface area contributed by atoms with Crippen molar-refractivity contribution in [3.05, 3.63) is 41.7 Å². The first kappa shape index (κ1) is 16.2. The molecule has 1 amide bonds. The maximum absolute atomic E-state index is 12.5. The summed E-state index contributed by atoms with van der Waals surface area (Å²) in [6, 6.07) is 2.12. The van der Waals surface area contributed by atoms with Crippen LogP contribution in [-0.4, -0.2) is 73.3 Å². The fourth-order valence-corrected chi connectivity index (χ4v) is 3.24. The molecule has 0 aromatic carbocycles. The van der Waals surface area contributed by atoms with Gasteiger partial charge in [0.1, 0.15) is 5.69 Å². The fourth-order valence-electron chi connectivity index (χ4n) is 3.24. The van der Waals surface area contributed by atoms with Crippen molar-refractivity contribution in [2.75, 3.05) is 26.2 Å². The third-order valence-corrected chi connectivity index (χ3v) is 4.70. The van der Waals surface area contributed by atoms with Gasteiger partial charge in [0, 0.05) is 56.7 Å². The molecule has 2 aromatic heterocycles. The van der Waals surface area contributed by atoms with E-state index in [2.05, 4.69) is 31.1 Å². The molecule has 1 aliphatic carbocycles. The largest absolute Gasteiger partial charge is 0.390 e. The zero-order chi connectivity index (χ0) is 17.2. The highest BCUT2D eigenvalue weighted by molar-refractivity contribution is 5.92. The lowest BCUT2D eigenvalue weighted by atomic mass is 10.2. The van der Waals surface area contributed by atoms with E-state index >= 15 is 0 Å². The van der Waals surface area contributed by atoms with E-state index in [9.17, 15) is 9.90 Å². The first-order valence-corrected chi connectivity index (χ1v) is 8.69. The first-order chi connectivity index (χ1) is 12.2. The Hall–Kier alpha value is -2.32. The van der Waals surface area contributed by atoms with E-state index in [1.54, 1.807) is 4.90 Å². The topological polar surface area (TPSA) is 98.2 Å². The molecule has 4 rings (SSSR count). The number of carbonyl (C=O) groups excluding carboxylic acids is 1. The van der Waals surface area contributed by atoms with E-state index in [1.165, 1.54) is 31.4 Å². The zero-order valence-electron chi connectivity index (χ0n) is 14.0. The van der Waals surface area contributed by atoms with Crippen LogP contribution in [0.2, 0.25) is 0 Å². The Labute approximate surface area is 145 Å². The Morgan fingerprint density at radius 1 is 1.28 bits per heavy atom. The van der Waals surface area contributed by atoms with Crippen LogP contribution in [0, 0.1) is 0 Å². The summed E-state index contributed by atoms with van der Waals surface area (Å²) in [5.41, 5.74) is 2.51. The van der Waals surface area contributed by atoms with E-state index in [0.29, 0.717) is 44.3 Å². The molecular weight excluding hydrogens is 320 g/mol. The van der Waals surface area contributed by atoms with E-state index in [4.69, 9.17) is 0 Å². The summed E-state index contributed by atoms with van der Waals surface area (Å²) in [6.07, 6.45) is 6.37. The van der Waals surface area contributed by atoms with Gasteiger partial charge in [0.05, 0.1) is 18.0 Å². The summed E-state index contributed by atoms with van der Waals surface area (Å²) in [4.78, 5) is 24.3. The molecule has 1 aliphatic heterocycles. The van der Waals surface area contributed by atoms with Crippen molar-refractivity contribution >= 4 is 5.91 Å². The molecule has 8 heteroatoms. The predicted octanol–water partition coefficient (Wildman–Crippen LogP) is 0.396. The Bertz CT molecular complexity index is 730. The number of nitrogens with one attached hydrogen (secondary N) is 1. The molecule has 2 N–H and O–H groups in total. The fraction of sp³-hybridized carbons (Fsp3) is 0.529. The van der Waals surface area contributed by atoms with Crippen LogP contribution in [0.3, 0.4) is 0 Å². The number of aliphatic hydroxyl groups excluding tert-OH is 1. The summed E-state index contributed by atoms with van der Waals surface area (Å²) < 4.78 is 0. The summed E-state index contributed by atoms with van der Waals surface area (Å²) in [6.45, 7) is 2.78. The molecule has 1 saturated carbocycles. The van der Waals surface area contributed by atoms with Crippen molar-refractivity contribution in [2.45, 2.75) is 31.4 Å². The number of aromatic amines is 1. The second-order valence-electron chi connectivity index (χ2n) is 6.82. The number of rotatable bonds is 4. The first-order valence-electron chi connectivity index (χ1n) is 8.69. The van der Waals surface area contributed by atoms with Crippen LogP contribution in [-0.2, 0) is 6.54 Å². The van der Waals surface area contributed by atoms with Crippen LogP contribution in [0.25, 0.3) is 0 Å². The maximum atomic E-state index is 12.5. The molecule has 132 valence electrons. The summed E-state index contributed by atoms with van der Waals surface area (Å²) in [7, 11) is 0. The van der Waals surface area contributed by atoms with Crippen molar-refractivity contribution in [1.82, 2.24) is 30.0 Å². The smallest absolute Gasteiger partial charge is 0.274 e.